The molecule has 0 amide bonds. The van der Waals surface area contributed by atoms with Crippen LogP contribution in [0.2, 0.25) is 0 Å². The van der Waals surface area contributed by atoms with Crippen molar-refractivity contribution >= 4 is 10.8 Å². The van der Waals surface area contributed by atoms with E-state index >= 15 is 0 Å². The predicted octanol–water partition coefficient (Wildman–Crippen LogP) is 4.17. The lowest BCUT2D eigenvalue weighted by molar-refractivity contribution is 0.391. The molecule has 1 heterocycles. The molecule has 4 rings (SSSR count). The first-order valence-corrected chi connectivity index (χ1v) is 9.11. The maximum absolute atomic E-state index is 5.32. The van der Waals surface area contributed by atoms with Gasteiger partial charge in [-0.15, -0.1) is 0 Å². The van der Waals surface area contributed by atoms with Crippen LogP contribution < -0.4 is 10.1 Å². The van der Waals surface area contributed by atoms with Crippen molar-refractivity contribution in [1.29, 1.82) is 0 Å². The lowest BCUT2D eigenvalue weighted by Gasteiger charge is -2.28. The SMILES string of the molecule is CC[C@H](N[C@H]1CCc2[nH]ncc2C1)c1ccc2cc(OC)ccc2c1. The molecular formula is C21H25N3O. The lowest BCUT2D eigenvalue weighted by atomic mass is 9.91. The first kappa shape index (κ1) is 16.2. The van der Waals surface area contributed by atoms with Gasteiger partial charge in [0.25, 0.3) is 0 Å². The summed E-state index contributed by atoms with van der Waals surface area (Å²) < 4.78 is 5.32. The summed E-state index contributed by atoms with van der Waals surface area (Å²) in [4.78, 5) is 0. The normalized spacial score (nSPS) is 18.1. The maximum Gasteiger partial charge on any atom is 0.119 e. The van der Waals surface area contributed by atoms with Crippen molar-refractivity contribution in [2.45, 2.75) is 44.7 Å². The van der Waals surface area contributed by atoms with Crippen LogP contribution in [0.25, 0.3) is 10.8 Å². The predicted molar refractivity (Wildman–Crippen MR) is 101 cm³/mol. The third kappa shape index (κ3) is 3.27. The molecule has 130 valence electrons. The number of hydrogen-bond donors (Lipinski definition) is 2. The molecule has 0 saturated carbocycles. The zero-order chi connectivity index (χ0) is 17.2. The van der Waals surface area contributed by atoms with Crippen LogP contribution in [0, 0.1) is 0 Å². The van der Waals surface area contributed by atoms with E-state index in [-0.39, 0.29) is 0 Å². The minimum absolute atomic E-state index is 0.380. The van der Waals surface area contributed by atoms with Crippen molar-refractivity contribution in [1.82, 2.24) is 15.5 Å². The smallest absolute Gasteiger partial charge is 0.119 e. The second-order valence-corrected chi connectivity index (χ2v) is 6.91. The van der Waals surface area contributed by atoms with Crippen molar-refractivity contribution in [3.63, 3.8) is 0 Å². The Morgan fingerprint density at radius 2 is 2.08 bits per heavy atom. The highest BCUT2D eigenvalue weighted by atomic mass is 16.5. The summed E-state index contributed by atoms with van der Waals surface area (Å²) in [5.74, 6) is 0.906. The first-order chi connectivity index (χ1) is 12.3. The van der Waals surface area contributed by atoms with Crippen molar-refractivity contribution in [2.24, 2.45) is 0 Å². The molecule has 2 N–H and O–H groups in total. The van der Waals surface area contributed by atoms with Gasteiger partial charge in [0.15, 0.2) is 0 Å². The molecule has 1 aromatic heterocycles. The molecule has 4 nitrogen and oxygen atoms in total. The van der Waals surface area contributed by atoms with Crippen molar-refractivity contribution in [3.05, 3.63) is 59.4 Å². The van der Waals surface area contributed by atoms with Crippen molar-refractivity contribution < 1.29 is 4.74 Å². The molecular weight excluding hydrogens is 310 g/mol. The van der Waals surface area contributed by atoms with Gasteiger partial charge in [-0.25, -0.2) is 0 Å². The third-order valence-electron chi connectivity index (χ3n) is 5.34. The molecule has 0 bridgehead atoms. The minimum atomic E-state index is 0.380. The van der Waals surface area contributed by atoms with Crippen LogP contribution in [0.1, 0.15) is 42.6 Å². The number of aryl methyl sites for hydroxylation is 1. The fourth-order valence-corrected chi connectivity index (χ4v) is 3.88. The molecule has 3 aromatic rings. The summed E-state index contributed by atoms with van der Waals surface area (Å²) in [5.41, 5.74) is 4.04. The molecule has 4 heteroatoms. The van der Waals surface area contributed by atoms with E-state index in [1.54, 1.807) is 7.11 Å². The zero-order valence-electron chi connectivity index (χ0n) is 14.9. The van der Waals surface area contributed by atoms with Gasteiger partial charge in [0, 0.05) is 17.8 Å². The van der Waals surface area contributed by atoms with E-state index < -0.39 is 0 Å². The van der Waals surface area contributed by atoms with Crippen LogP contribution in [0.5, 0.6) is 5.75 Å². The quantitative estimate of drug-likeness (QED) is 0.736. The number of benzene rings is 2. The molecule has 0 saturated heterocycles. The molecule has 0 fully saturated rings. The van der Waals surface area contributed by atoms with E-state index in [1.807, 2.05) is 12.3 Å². The molecule has 1 aliphatic rings. The number of rotatable bonds is 5. The molecule has 2 aromatic carbocycles. The van der Waals surface area contributed by atoms with Crippen LogP contribution in [-0.2, 0) is 12.8 Å². The number of nitrogens with one attached hydrogen (secondary N) is 2. The van der Waals surface area contributed by atoms with Crippen LogP contribution in [0.3, 0.4) is 0 Å². The van der Waals surface area contributed by atoms with Crippen molar-refractivity contribution in [2.75, 3.05) is 7.11 Å². The molecule has 0 spiro atoms. The minimum Gasteiger partial charge on any atom is -0.497 e. The first-order valence-electron chi connectivity index (χ1n) is 9.11. The van der Waals surface area contributed by atoms with Gasteiger partial charge in [-0.05, 0) is 65.8 Å². The van der Waals surface area contributed by atoms with Gasteiger partial charge < -0.3 is 10.1 Å². The van der Waals surface area contributed by atoms with Gasteiger partial charge in [0.1, 0.15) is 5.75 Å². The van der Waals surface area contributed by atoms with Gasteiger partial charge >= 0.3 is 0 Å². The summed E-state index contributed by atoms with van der Waals surface area (Å²) in [5, 5.41) is 13.7. The van der Waals surface area contributed by atoms with Gasteiger partial charge in [-0.2, -0.15) is 5.10 Å². The largest absolute Gasteiger partial charge is 0.497 e. The van der Waals surface area contributed by atoms with Crippen LogP contribution in [-0.4, -0.2) is 23.3 Å². The standard InChI is InChI=1S/C21H25N3O/c1-3-20(23-18-7-9-21-17(11-18)13-22-24-21)16-5-4-15-12-19(25-2)8-6-14(15)10-16/h4-6,8,10,12-13,18,20,23H,3,7,9,11H2,1-2H3,(H,22,24)/t18-,20-/m0/s1. The maximum atomic E-state index is 5.32. The highest BCUT2D eigenvalue weighted by Gasteiger charge is 2.22. The van der Waals surface area contributed by atoms with E-state index in [0.29, 0.717) is 12.1 Å². The third-order valence-corrected chi connectivity index (χ3v) is 5.34. The Morgan fingerprint density at radius 1 is 1.24 bits per heavy atom. The van der Waals surface area contributed by atoms with Gasteiger partial charge in [-0.3, -0.25) is 5.10 Å². The summed E-state index contributed by atoms with van der Waals surface area (Å²) in [6, 6.07) is 13.9. The number of nitrogens with zero attached hydrogens (tertiary/aromatic N) is 1. The van der Waals surface area contributed by atoms with E-state index in [4.69, 9.17) is 4.74 Å². The topological polar surface area (TPSA) is 49.9 Å². The summed E-state index contributed by atoms with van der Waals surface area (Å²) in [6.45, 7) is 2.25. The number of hydrogen-bond acceptors (Lipinski definition) is 3. The van der Waals surface area contributed by atoms with E-state index in [2.05, 4.69) is 52.8 Å². The fourth-order valence-electron chi connectivity index (χ4n) is 3.88. The second-order valence-electron chi connectivity index (χ2n) is 6.91. The Hall–Kier alpha value is -2.33. The van der Waals surface area contributed by atoms with E-state index in [9.17, 15) is 0 Å². The molecule has 2 atom stereocenters. The summed E-state index contributed by atoms with van der Waals surface area (Å²) in [6.07, 6.45) is 6.37. The summed E-state index contributed by atoms with van der Waals surface area (Å²) in [7, 11) is 1.71. The highest BCUT2D eigenvalue weighted by Crippen LogP contribution is 2.27. The van der Waals surface area contributed by atoms with Gasteiger partial charge in [-0.1, -0.05) is 25.1 Å². The van der Waals surface area contributed by atoms with Crippen molar-refractivity contribution in [3.8, 4) is 5.75 Å². The number of aromatic amines is 1. The average Bonchev–Trinajstić information content (AvgIpc) is 3.13. The van der Waals surface area contributed by atoms with Gasteiger partial charge in [0.05, 0.1) is 13.3 Å². The Kier molecular flexibility index (Phi) is 4.45. The molecule has 0 radical (unpaired) electrons. The lowest BCUT2D eigenvalue weighted by Crippen LogP contribution is -2.37. The Morgan fingerprint density at radius 3 is 2.92 bits per heavy atom. The Balaban J connectivity index is 1.53. The Bertz CT molecular complexity index is 870. The van der Waals surface area contributed by atoms with E-state index in [1.165, 1.54) is 27.6 Å². The van der Waals surface area contributed by atoms with Crippen LogP contribution in [0.4, 0.5) is 0 Å². The molecule has 25 heavy (non-hydrogen) atoms. The average molecular weight is 335 g/mol. The summed E-state index contributed by atoms with van der Waals surface area (Å²) >= 11 is 0. The fraction of sp³-hybridized carbons (Fsp3) is 0.381. The highest BCUT2D eigenvalue weighted by molar-refractivity contribution is 5.84. The molecule has 1 aliphatic carbocycles. The number of methoxy groups -OCH3 is 1. The monoisotopic (exact) mass is 335 g/mol. The van der Waals surface area contributed by atoms with Crippen LogP contribution >= 0.6 is 0 Å². The van der Waals surface area contributed by atoms with Gasteiger partial charge in [0.2, 0.25) is 0 Å². The Labute approximate surface area is 148 Å². The van der Waals surface area contributed by atoms with Crippen LogP contribution in [0.15, 0.2) is 42.6 Å². The number of H-pyrrole nitrogens is 1. The zero-order valence-corrected chi connectivity index (χ0v) is 14.9. The number of fused-ring (bicyclic) bond motifs is 2. The second kappa shape index (κ2) is 6.89. The number of aromatic nitrogens is 2. The molecule has 0 unspecified atom stereocenters. The van der Waals surface area contributed by atoms with E-state index in [0.717, 1.165) is 31.4 Å². The number of ether oxygens (including phenoxy) is 1. The molecule has 0 aliphatic heterocycles.